The van der Waals surface area contributed by atoms with Gasteiger partial charge in [0, 0.05) is 25.0 Å². The van der Waals surface area contributed by atoms with Gasteiger partial charge in [0.25, 0.3) is 5.91 Å². The normalized spacial score (nSPS) is 22.7. The zero-order valence-electron chi connectivity index (χ0n) is 15.3. The van der Waals surface area contributed by atoms with Crippen LogP contribution in [-0.4, -0.2) is 60.9 Å². The fourth-order valence-corrected chi connectivity index (χ4v) is 3.62. The minimum Gasteiger partial charge on any atom is -0.491 e. The van der Waals surface area contributed by atoms with Crippen molar-refractivity contribution >= 4 is 30.1 Å². The van der Waals surface area contributed by atoms with Gasteiger partial charge in [-0.25, -0.2) is 4.39 Å². The van der Waals surface area contributed by atoms with Gasteiger partial charge >= 0.3 is 0 Å². The number of rotatable bonds is 1. The van der Waals surface area contributed by atoms with Gasteiger partial charge in [-0.15, -0.1) is 12.4 Å². The summed E-state index contributed by atoms with van der Waals surface area (Å²) < 4.78 is 19.1. The van der Waals surface area contributed by atoms with Crippen LogP contribution >= 0.6 is 12.4 Å². The van der Waals surface area contributed by atoms with Gasteiger partial charge in [-0.1, -0.05) is 0 Å². The number of carbonyl (C=O) groups excluding carboxylic acids is 3. The Balaban J connectivity index is 0.00000280. The molecule has 1 fully saturated rings. The fourth-order valence-electron chi connectivity index (χ4n) is 3.62. The first-order valence-corrected chi connectivity index (χ1v) is 8.98. The molecule has 8 nitrogen and oxygen atoms in total. The van der Waals surface area contributed by atoms with Crippen LogP contribution in [0.15, 0.2) is 18.2 Å². The predicted octanol–water partition coefficient (Wildman–Crippen LogP) is 0.194. The first-order chi connectivity index (χ1) is 13.0. The maximum atomic E-state index is 13.6. The van der Waals surface area contributed by atoms with Gasteiger partial charge in [-0.2, -0.15) is 0 Å². The molecular weight excluding hydrogens is 391 g/mol. The second-order valence-corrected chi connectivity index (χ2v) is 6.64. The molecule has 3 amide bonds. The smallest absolute Gasteiger partial charge is 0.255 e. The molecule has 0 radical (unpaired) electrons. The molecule has 2 heterocycles. The van der Waals surface area contributed by atoms with E-state index >= 15 is 0 Å². The van der Waals surface area contributed by atoms with Crippen molar-refractivity contribution in [2.75, 3.05) is 26.2 Å². The van der Waals surface area contributed by atoms with Crippen molar-refractivity contribution in [3.63, 3.8) is 0 Å². The maximum absolute atomic E-state index is 13.6. The van der Waals surface area contributed by atoms with Crippen LogP contribution in [0.2, 0.25) is 0 Å². The predicted molar refractivity (Wildman–Crippen MR) is 102 cm³/mol. The van der Waals surface area contributed by atoms with Crippen molar-refractivity contribution in [3.8, 4) is 5.75 Å². The minimum atomic E-state index is -0.553. The average molecular weight is 415 g/mol. The van der Waals surface area contributed by atoms with Crippen molar-refractivity contribution in [1.29, 1.82) is 0 Å². The molecule has 3 rings (SSSR count). The van der Waals surface area contributed by atoms with Gasteiger partial charge in [-0.05, 0) is 31.0 Å². The number of hydrogen-bond acceptors (Lipinski definition) is 5. The van der Waals surface area contributed by atoms with Crippen LogP contribution in [-0.2, 0) is 9.59 Å². The summed E-state index contributed by atoms with van der Waals surface area (Å²) >= 11 is 0. The Labute approximate surface area is 168 Å². The number of amides is 3. The summed E-state index contributed by atoms with van der Waals surface area (Å²) in [7, 11) is 0. The number of halogens is 2. The van der Waals surface area contributed by atoms with E-state index in [1.165, 1.54) is 12.1 Å². The Morgan fingerprint density at radius 1 is 1.25 bits per heavy atom. The van der Waals surface area contributed by atoms with Crippen LogP contribution in [0, 0.1) is 5.82 Å². The molecule has 0 spiro atoms. The van der Waals surface area contributed by atoms with Crippen molar-refractivity contribution in [2.24, 2.45) is 5.73 Å². The highest BCUT2D eigenvalue weighted by molar-refractivity contribution is 5.97. The van der Waals surface area contributed by atoms with Gasteiger partial charge in [0.15, 0.2) is 0 Å². The highest BCUT2D eigenvalue weighted by Gasteiger charge is 2.37. The highest BCUT2D eigenvalue weighted by Crippen LogP contribution is 2.27. The Morgan fingerprint density at radius 2 is 2.00 bits per heavy atom. The number of carbonyl (C=O) groups is 3. The molecule has 1 aromatic carbocycles. The third-order valence-corrected chi connectivity index (χ3v) is 4.87. The van der Waals surface area contributed by atoms with E-state index in [1.54, 1.807) is 4.90 Å². The standard InChI is InChI=1S/C18H23FN4O4.ClH/c19-11-1-4-15-14(7-11)18(26)22-10-13-3-2-12(23(13)17(25)9-20)8-16(24)21-5-6-27-15;/h1,4,7,12-13H,2-3,5-6,8-10,20H2,(H,21,24)(H,22,26);1H/t12-,13+;/m0./s1. The maximum Gasteiger partial charge on any atom is 0.255 e. The molecule has 0 saturated carbocycles. The van der Waals surface area contributed by atoms with Gasteiger partial charge in [0.05, 0.1) is 18.7 Å². The number of nitrogens with two attached hydrogens (primary N) is 1. The van der Waals surface area contributed by atoms with Crippen molar-refractivity contribution in [3.05, 3.63) is 29.6 Å². The molecule has 0 aromatic heterocycles. The quantitative estimate of drug-likeness (QED) is 0.607. The summed E-state index contributed by atoms with van der Waals surface area (Å²) in [6, 6.07) is 3.18. The van der Waals surface area contributed by atoms with E-state index in [0.717, 1.165) is 6.07 Å². The number of ether oxygens (including phenoxy) is 1. The van der Waals surface area contributed by atoms with Gasteiger partial charge in [0.1, 0.15) is 18.2 Å². The SMILES string of the molecule is Cl.NCC(=O)N1[C@@H]2CC[C@H]1CC(=O)NCCOc1ccc(F)cc1C(=O)NC2. The summed E-state index contributed by atoms with van der Waals surface area (Å²) in [6.45, 7) is 0.401. The molecule has 28 heavy (non-hydrogen) atoms. The lowest BCUT2D eigenvalue weighted by Gasteiger charge is -2.30. The molecule has 154 valence electrons. The molecule has 2 aliphatic heterocycles. The van der Waals surface area contributed by atoms with E-state index in [1.807, 2.05) is 0 Å². The van der Waals surface area contributed by atoms with E-state index in [-0.39, 0.29) is 80.3 Å². The molecule has 2 aliphatic rings. The van der Waals surface area contributed by atoms with Crippen LogP contribution < -0.4 is 21.1 Å². The summed E-state index contributed by atoms with van der Waals surface area (Å²) in [4.78, 5) is 38.6. The third kappa shape index (κ3) is 4.90. The van der Waals surface area contributed by atoms with E-state index < -0.39 is 11.7 Å². The van der Waals surface area contributed by atoms with Gasteiger partial charge in [0.2, 0.25) is 11.8 Å². The lowest BCUT2D eigenvalue weighted by atomic mass is 10.1. The number of nitrogens with one attached hydrogen (secondary N) is 2. The molecule has 10 heteroatoms. The van der Waals surface area contributed by atoms with E-state index in [9.17, 15) is 18.8 Å². The van der Waals surface area contributed by atoms with Crippen LogP contribution in [0.3, 0.4) is 0 Å². The summed E-state index contributed by atoms with van der Waals surface area (Å²) in [5.41, 5.74) is 5.59. The molecule has 0 unspecified atom stereocenters. The summed E-state index contributed by atoms with van der Waals surface area (Å²) in [6.07, 6.45) is 1.48. The number of nitrogens with zero attached hydrogens (tertiary/aromatic N) is 1. The molecule has 2 bridgehead atoms. The Hall–Kier alpha value is -2.39. The van der Waals surface area contributed by atoms with Crippen molar-refractivity contribution in [1.82, 2.24) is 15.5 Å². The zero-order valence-corrected chi connectivity index (χ0v) is 16.1. The number of hydrogen-bond donors (Lipinski definition) is 3. The molecule has 1 saturated heterocycles. The van der Waals surface area contributed by atoms with Gasteiger partial charge < -0.3 is 26.0 Å². The monoisotopic (exact) mass is 414 g/mol. The second-order valence-electron chi connectivity index (χ2n) is 6.64. The minimum absolute atomic E-state index is 0. The van der Waals surface area contributed by atoms with Gasteiger partial charge in [-0.3, -0.25) is 14.4 Å². The highest BCUT2D eigenvalue weighted by atomic mass is 35.5. The Morgan fingerprint density at radius 3 is 2.75 bits per heavy atom. The lowest BCUT2D eigenvalue weighted by Crippen LogP contribution is -2.50. The van der Waals surface area contributed by atoms with E-state index in [4.69, 9.17) is 10.5 Å². The van der Waals surface area contributed by atoms with E-state index in [2.05, 4.69) is 10.6 Å². The number of benzene rings is 1. The average Bonchev–Trinajstić information content (AvgIpc) is 3.05. The summed E-state index contributed by atoms with van der Waals surface area (Å²) in [5.74, 6) is -1.23. The van der Waals surface area contributed by atoms with Crippen LogP contribution in [0.25, 0.3) is 0 Å². The van der Waals surface area contributed by atoms with E-state index in [0.29, 0.717) is 12.8 Å². The fraction of sp³-hybridized carbons (Fsp3) is 0.500. The molecular formula is C18H24ClFN4O4. The van der Waals surface area contributed by atoms with Crippen molar-refractivity contribution < 1.29 is 23.5 Å². The van der Waals surface area contributed by atoms with Crippen molar-refractivity contribution in [2.45, 2.75) is 31.3 Å². The first kappa shape index (κ1) is 21.9. The lowest BCUT2D eigenvalue weighted by molar-refractivity contribution is -0.133. The number of fused-ring (bicyclic) bond motifs is 3. The molecule has 4 N–H and O–H groups in total. The zero-order chi connectivity index (χ0) is 19.4. The molecule has 0 aliphatic carbocycles. The van der Waals surface area contributed by atoms with Crippen LogP contribution in [0.5, 0.6) is 5.75 Å². The second kappa shape index (κ2) is 9.70. The van der Waals surface area contributed by atoms with Crippen LogP contribution in [0.1, 0.15) is 29.6 Å². The summed E-state index contributed by atoms with van der Waals surface area (Å²) in [5, 5.41) is 5.49. The third-order valence-electron chi connectivity index (χ3n) is 4.87. The largest absolute Gasteiger partial charge is 0.491 e. The van der Waals surface area contributed by atoms with Crippen LogP contribution in [0.4, 0.5) is 4.39 Å². The Bertz CT molecular complexity index is 748. The topological polar surface area (TPSA) is 114 Å². The Kier molecular flexibility index (Phi) is 7.59. The molecule has 2 atom stereocenters. The first-order valence-electron chi connectivity index (χ1n) is 8.98. The molecule has 1 aromatic rings.